The highest BCUT2D eigenvalue weighted by Crippen LogP contribution is 2.16. The van der Waals surface area contributed by atoms with Crippen LogP contribution >= 0.6 is 11.6 Å². The number of halogens is 1. The summed E-state index contributed by atoms with van der Waals surface area (Å²) in [6, 6.07) is 14.7. The number of anilines is 1. The van der Waals surface area contributed by atoms with E-state index in [9.17, 15) is 4.79 Å². The Balaban J connectivity index is 1.76. The fraction of sp³-hybridized carbons (Fsp3) is 0.278. The molecule has 0 saturated carbocycles. The summed E-state index contributed by atoms with van der Waals surface area (Å²) >= 11 is 5.93. The van der Waals surface area contributed by atoms with Crippen LogP contribution < -0.4 is 15.4 Å². The normalized spacial score (nSPS) is 10.4. The highest BCUT2D eigenvalue weighted by molar-refractivity contribution is 6.30. The highest BCUT2D eigenvalue weighted by Gasteiger charge is 2.03. The van der Waals surface area contributed by atoms with Crippen molar-refractivity contribution in [1.82, 2.24) is 5.32 Å². The maximum absolute atomic E-state index is 11.9. The summed E-state index contributed by atoms with van der Waals surface area (Å²) in [4.78, 5) is 11.9. The van der Waals surface area contributed by atoms with Crippen molar-refractivity contribution in [2.75, 3.05) is 11.9 Å². The second kappa shape index (κ2) is 8.44. The monoisotopic (exact) mass is 332 g/mol. The predicted molar refractivity (Wildman–Crippen MR) is 94.4 cm³/mol. The van der Waals surface area contributed by atoms with Gasteiger partial charge in [0.25, 0.3) is 0 Å². The highest BCUT2D eigenvalue weighted by atomic mass is 35.5. The van der Waals surface area contributed by atoms with Crippen molar-refractivity contribution in [2.24, 2.45) is 0 Å². The lowest BCUT2D eigenvalue weighted by Crippen LogP contribution is -2.30. The molecule has 2 rings (SSSR count). The van der Waals surface area contributed by atoms with E-state index in [-0.39, 0.29) is 12.1 Å². The molecule has 2 aromatic rings. The van der Waals surface area contributed by atoms with Gasteiger partial charge in [-0.1, -0.05) is 23.7 Å². The molecule has 0 aromatic heterocycles. The van der Waals surface area contributed by atoms with Gasteiger partial charge < -0.3 is 15.4 Å². The maximum Gasteiger partial charge on any atom is 0.319 e. The molecule has 0 bridgehead atoms. The molecule has 0 saturated heterocycles. The second-order valence-electron chi connectivity index (χ2n) is 5.45. The standard InChI is InChI=1S/C18H21ClN2O2/c1-13(2)23-17-8-6-16(7-9-17)21-18(22)20-11-10-14-4-3-5-15(19)12-14/h3-9,12-13H,10-11H2,1-2H3,(H2,20,21,22). The number of nitrogens with one attached hydrogen (secondary N) is 2. The molecule has 0 spiro atoms. The molecule has 0 radical (unpaired) electrons. The molecule has 0 atom stereocenters. The Morgan fingerprint density at radius 3 is 2.57 bits per heavy atom. The zero-order chi connectivity index (χ0) is 16.7. The number of benzene rings is 2. The van der Waals surface area contributed by atoms with Gasteiger partial charge in [0.2, 0.25) is 0 Å². The molecule has 0 aliphatic heterocycles. The average molecular weight is 333 g/mol. The topological polar surface area (TPSA) is 50.4 Å². The third kappa shape index (κ3) is 6.20. The molecule has 2 aromatic carbocycles. The smallest absolute Gasteiger partial charge is 0.319 e. The first-order valence-corrected chi connectivity index (χ1v) is 7.97. The van der Waals surface area contributed by atoms with E-state index in [0.717, 1.165) is 23.4 Å². The van der Waals surface area contributed by atoms with Crippen molar-refractivity contribution in [2.45, 2.75) is 26.4 Å². The van der Waals surface area contributed by atoms with Crippen LogP contribution in [0.25, 0.3) is 0 Å². The van der Waals surface area contributed by atoms with Gasteiger partial charge in [-0.25, -0.2) is 4.79 Å². The molecular formula is C18H21ClN2O2. The van der Waals surface area contributed by atoms with E-state index in [0.29, 0.717) is 11.6 Å². The first-order valence-electron chi connectivity index (χ1n) is 7.59. The summed E-state index contributed by atoms with van der Waals surface area (Å²) < 4.78 is 5.56. The van der Waals surface area contributed by atoms with Crippen molar-refractivity contribution < 1.29 is 9.53 Å². The van der Waals surface area contributed by atoms with Crippen LogP contribution in [0.3, 0.4) is 0 Å². The molecule has 5 heteroatoms. The number of hydrogen-bond acceptors (Lipinski definition) is 2. The lowest BCUT2D eigenvalue weighted by Gasteiger charge is -2.11. The van der Waals surface area contributed by atoms with Gasteiger partial charge in [-0.3, -0.25) is 0 Å². The van der Waals surface area contributed by atoms with Gasteiger partial charge in [0, 0.05) is 17.3 Å². The van der Waals surface area contributed by atoms with E-state index in [1.807, 2.05) is 62.4 Å². The maximum atomic E-state index is 11.9. The molecule has 0 fully saturated rings. The predicted octanol–water partition coefficient (Wildman–Crippen LogP) is 4.49. The second-order valence-corrected chi connectivity index (χ2v) is 5.89. The molecule has 0 aliphatic carbocycles. The van der Waals surface area contributed by atoms with Crippen LogP contribution in [-0.4, -0.2) is 18.7 Å². The van der Waals surface area contributed by atoms with Crippen LogP contribution in [0.5, 0.6) is 5.75 Å². The third-order valence-electron chi connectivity index (χ3n) is 3.07. The summed E-state index contributed by atoms with van der Waals surface area (Å²) in [5, 5.41) is 6.31. The van der Waals surface area contributed by atoms with E-state index < -0.39 is 0 Å². The van der Waals surface area contributed by atoms with Gasteiger partial charge in [0.1, 0.15) is 5.75 Å². The van der Waals surface area contributed by atoms with Crippen LogP contribution in [0.1, 0.15) is 19.4 Å². The molecule has 122 valence electrons. The number of carbonyl (C=O) groups excluding carboxylic acids is 1. The zero-order valence-electron chi connectivity index (χ0n) is 13.3. The van der Waals surface area contributed by atoms with E-state index >= 15 is 0 Å². The Kier molecular flexibility index (Phi) is 6.29. The minimum atomic E-state index is -0.232. The van der Waals surface area contributed by atoms with Gasteiger partial charge >= 0.3 is 6.03 Å². The summed E-state index contributed by atoms with van der Waals surface area (Å²) in [7, 11) is 0. The first kappa shape index (κ1) is 17.2. The number of amides is 2. The summed E-state index contributed by atoms with van der Waals surface area (Å²) in [5.41, 5.74) is 1.81. The molecular weight excluding hydrogens is 312 g/mol. The van der Waals surface area contributed by atoms with Gasteiger partial charge in [-0.2, -0.15) is 0 Å². The van der Waals surface area contributed by atoms with E-state index in [4.69, 9.17) is 16.3 Å². The number of urea groups is 1. The van der Waals surface area contributed by atoms with Crippen LogP contribution in [0, 0.1) is 0 Å². The number of hydrogen-bond donors (Lipinski definition) is 2. The fourth-order valence-electron chi connectivity index (χ4n) is 2.08. The van der Waals surface area contributed by atoms with Gasteiger partial charge in [-0.05, 0) is 62.2 Å². The summed E-state index contributed by atoms with van der Waals surface area (Å²) in [5.74, 6) is 0.784. The minimum Gasteiger partial charge on any atom is -0.491 e. The summed E-state index contributed by atoms with van der Waals surface area (Å²) in [6.07, 6.45) is 0.860. The van der Waals surface area contributed by atoms with Gasteiger partial charge in [0.05, 0.1) is 6.10 Å². The van der Waals surface area contributed by atoms with Gasteiger partial charge in [-0.15, -0.1) is 0 Å². The third-order valence-corrected chi connectivity index (χ3v) is 3.31. The molecule has 2 N–H and O–H groups in total. The number of carbonyl (C=O) groups is 1. The Morgan fingerprint density at radius 2 is 1.91 bits per heavy atom. The zero-order valence-corrected chi connectivity index (χ0v) is 14.1. The van der Waals surface area contributed by atoms with Crippen molar-refractivity contribution in [3.63, 3.8) is 0 Å². The number of rotatable bonds is 6. The molecule has 0 aliphatic rings. The Morgan fingerprint density at radius 1 is 1.17 bits per heavy atom. The minimum absolute atomic E-state index is 0.128. The van der Waals surface area contributed by atoms with Crippen molar-refractivity contribution in [3.05, 3.63) is 59.1 Å². The van der Waals surface area contributed by atoms with E-state index in [1.165, 1.54) is 0 Å². The SMILES string of the molecule is CC(C)Oc1ccc(NC(=O)NCCc2cccc(Cl)c2)cc1. The Hall–Kier alpha value is -2.20. The fourth-order valence-corrected chi connectivity index (χ4v) is 2.29. The molecule has 4 nitrogen and oxygen atoms in total. The van der Waals surface area contributed by atoms with Crippen molar-refractivity contribution in [3.8, 4) is 5.75 Å². The summed E-state index contributed by atoms with van der Waals surface area (Å²) in [6.45, 7) is 4.49. The number of ether oxygens (including phenoxy) is 1. The van der Waals surface area contributed by atoms with Crippen LogP contribution in [0.4, 0.5) is 10.5 Å². The largest absolute Gasteiger partial charge is 0.491 e. The lowest BCUT2D eigenvalue weighted by atomic mass is 10.1. The van der Waals surface area contributed by atoms with Crippen molar-refractivity contribution >= 4 is 23.3 Å². The molecule has 2 amide bonds. The van der Waals surface area contributed by atoms with Gasteiger partial charge in [0.15, 0.2) is 0 Å². The molecule has 23 heavy (non-hydrogen) atoms. The van der Waals surface area contributed by atoms with Crippen LogP contribution in [0.2, 0.25) is 5.02 Å². The average Bonchev–Trinajstić information content (AvgIpc) is 2.49. The first-order chi connectivity index (χ1) is 11.0. The molecule has 0 heterocycles. The van der Waals surface area contributed by atoms with Crippen LogP contribution in [-0.2, 0) is 6.42 Å². The van der Waals surface area contributed by atoms with E-state index in [2.05, 4.69) is 10.6 Å². The Bertz CT molecular complexity index is 642. The quantitative estimate of drug-likeness (QED) is 0.818. The van der Waals surface area contributed by atoms with Crippen molar-refractivity contribution in [1.29, 1.82) is 0 Å². The lowest BCUT2D eigenvalue weighted by molar-refractivity contribution is 0.242. The van der Waals surface area contributed by atoms with E-state index in [1.54, 1.807) is 0 Å². The molecule has 0 unspecified atom stereocenters. The Labute approximate surface area is 141 Å². The van der Waals surface area contributed by atoms with Crippen LogP contribution in [0.15, 0.2) is 48.5 Å².